The fraction of sp³-hybridized carbons (Fsp3) is 0.833. The fourth-order valence-corrected chi connectivity index (χ4v) is 2.93. The average Bonchev–Trinajstić information content (AvgIpc) is 2.83. The van der Waals surface area contributed by atoms with Gasteiger partial charge in [0.2, 0.25) is 5.89 Å². The third-order valence-corrected chi connectivity index (χ3v) is 4.44. The molecule has 2 heterocycles. The highest BCUT2D eigenvalue weighted by molar-refractivity contribution is 7.99. The van der Waals surface area contributed by atoms with Crippen LogP contribution in [0.5, 0.6) is 0 Å². The first kappa shape index (κ1) is 12.9. The van der Waals surface area contributed by atoms with Crippen LogP contribution in [0.4, 0.5) is 0 Å². The molecule has 96 valence electrons. The summed E-state index contributed by atoms with van der Waals surface area (Å²) >= 11 is 1.89. The lowest BCUT2D eigenvalue weighted by atomic mass is 9.87. The lowest BCUT2D eigenvalue weighted by molar-refractivity contribution is 0.0565. The predicted octanol–water partition coefficient (Wildman–Crippen LogP) is 2.59. The van der Waals surface area contributed by atoms with E-state index in [1.54, 1.807) is 0 Å². The molecular formula is C12H20N2O2S. The molecule has 2 unspecified atom stereocenters. The summed E-state index contributed by atoms with van der Waals surface area (Å²) in [7, 11) is 0. The molecule has 0 aromatic carbocycles. The zero-order chi connectivity index (χ0) is 12.5. The second-order valence-corrected chi connectivity index (χ2v) is 6.94. The Morgan fingerprint density at radius 1 is 1.53 bits per heavy atom. The Bertz CT molecular complexity index is 367. The second kappa shape index (κ2) is 4.98. The van der Waals surface area contributed by atoms with E-state index in [4.69, 9.17) is 4.52 Å². The van der Waals surface area contributed by atoms with Crippen molar-refractivity contribution in [1.82, 2.24) is 10.1 Å². The van der Waals surface area contributed by atoms with Crippen LogP contribution in [0.15, 0.2) is 4.52 Å². The molecule has 1 aliphatic heterocycles. The first-order chi connectivity index (χ1) is 7.97. The summed E-state index contributed by atoms with van der Waals surface area (Å²) < 4.78 is 5.21. The summed E-state index contributed by atoms with van der Waals surface area (Å²) in [5, 5.41) is 14.4. The highest BCUT2D eigenvalue weighted by Gasteiger charge is 2.27. The van der Waals surface area contributed by atoms with E-state index in [2.05, 4.69) is 10.1 Å². The van der Waals surface area contributed by atoms with Gasteiger partial charge in [0.25, 0.3) is 0 Å². The molecule has 2 rings (SSSR count). The van der Waals surface area contributed by atoms with E-state index in [0.29, 0.717) is 17.6 Å². The van der Waals surface area contributed by atoms with Gasteiger partial charge in [-0.25, -0.2) is 0 Å². The molecule has 17 heavy (non-hydrogen) atoms. The zero-order valence-corrected chi connectivity index (χ0v) is 11.5. The molecule has 0 bridgehead atoms. The minimum Gasteiger partial charge on any atom is -0.392 e. The van der Waals surface area contributed by atoms with Crippen molar-refractivity contribution in [2.24, 2.45) is 5.41 Å². The molecule has 1 aromatic rings. The standard InChI is InChI=1S/C12H20N2O2S/c1-12(2,3)9(15)7-10-13-11(14-16-10)8-5-4-6-17-8/h8-9,15H,4-7H2,1-3H3. The number of rotatable bonds is 3. The molecule has 1 fully saturated rings. The molecule has 0 spiro atoms. The minimum absolute atomic E-state index is 0.156. The van der Waals surface area contributed by atoms with Gasteiger partial charge in [-0.05, 0) is 24.0 Å². The summed E-state index contributed by atoms with van der Waals surface area (Å²) in [5.41, 5.74) is -0.156. The van der Waals surface area contributed by atoms with Crippen LogP contribution >= 0.6 is 11.8 Å². The Kier molecular flexibility index (Phi) is 3.78. The largest absolute Gasteiger partial charge is 0.392 e. The lowest BCUT2D eigenvalue weighted by Crippen LogP contribution is -2.28. The van der Waals surface area contributed by atoms with Crippen LogP contribution in [0.25, 0.3) is 0 Å². The molecule has 0 saturated carbocycles. The Balaban J connectivity index is 1.98. The van der Waals surface area contributed by atoms with Gasteiger partial charge in [0.05, 0.1) is 17.8 Å². The molecular weight excluding hydrogens is 236 g/mol. The van der Waals surface area contributed by atoms with Crippen LogP contribution in [0, 0.1) is 5.41 Å². The minimum atomic E-state index is -0.452. The maximum absolute atomic E-state index is 9.98. The molecule has 4 nitrogen and oxygen atoms in total. The van der Waals surface area contributed by atoms with E-state index < -0.39 is 6.10 Å². The average molecular weight is 256 g/mol. The van der Waals surface area contributed by atoms with Crippen molar-refractivity contribution in [2.45, 2.75) is 51.4 Å². The van der Waals surface area contributed by atoms with E-state index in [1.165, 1.54) is 12.2 Å². The number of nitrogens with zero attached hydrogens (tertiary/aromatic N) is 2. The van der Waals surface area contributed by atoms with Crippen molar-refractivity contribution in [3.8, 4) is 0 Å². The summed E-state index contributed by atoms with van der Waals surface area (Å²) in [6.45, 7) is 6.01. The number of thioether (sulfide) groups is 1. The molecule has 1 N–H and O–H groups in total. The molecule has 0 amide bonds. The van der Waals surface area contributed by atoms with E-state index >= 15 is 0 Å². The van der Waals surface area contributed by atoms with Gasteiger partial charge < -0.3 is 9.63 Å². The summed E-state index contributed by atoms with van der Waals surface area (Å²) in [6.07, 6.45) is 2.34. The third kappa shape index (κ3) is 3.22. The Labute approximate surface area is 106 Å². The van der Waals surface area contributed by atoms with E-state index in [0.717, 1.165) is 12.2 Å². The van der Waals surface area contributed by atoms with Gasteiger partial charge >= 0.3 is 0 Å². The first-order valence-corrected chi connectivity index (χ1v) is 7.14. The van der Waals surface area contributed by atoms with Crippen LogP contribution in [-0.4, -0.2) is 27.1 Å². The molecule has 5 heteroatoms. The van der Waals surface area contributed by atoms with Gasteiger partial charge in [-0.3, -0.25) is 0 Å². The Morgan fingerprint density at radius 3 is 2.88 bits per heavy atom. The van der Waals surface area contributed by atoms with Crippen molar-refractivity contribution >= 4 is 11.8 Å². The van der Waals surface area contributed by atoms with Crippen LogP contribution in [0.3, 0.4) is 0 Å². The van der Waals surface area contributed by atoms with Crippen LogP contribution < -0.4 is 0 Å². The topological polar surface area (TPSA) is 59.2 Å². The maximum Gasteiger partial charge on any atom is 0.229 e. The molecule has 1 aliphatic rings. The molecule has 0 aliphatic carbocycles. The summed E-state index contributed by atoms with van der Waals surface area (Å²) in [6, 6.07) is 0. The quantitative estimate of drug-likeness (QED) is 0.900. The van der Waals surface area contributed by atoms with Crippen molar-refractivity contribution in [1.29, 1.82) is 0 Å². The Hall–Kier alpha value is -0.550. The lowest BCUT2D eigenvalue weighted by Gasteiger charge is -2.24. The first-order valence-electron chi connectivity index (χ1n) is 6.09. The van der Waals surface area contributed by atoms with Gasteiger partial charge in [-0.15, -0.1) is 0 Å². The highest BCUT2D eigenvalue weighted by atomic mass is 32.2. The van der Waals surface area contributed by atoms with Crippen molar-refractivity contribution in [3.05, 3.63) is 11.7 Å². The van der Waals surface area contributed by atoms with Crippen LogP contribution in [0.1, 0.15) is 50.6 Å². The summed E-state index contributed by atoms with van der Waals surface area (Å²) in [4.78, 5) is 4.39. The van der Waals surface area contributed by atoms with E-state index in [-0.39, 0.29) is 5.41 Å². The number of aromatic nitrogens is 2. The van der Waals surface area contributed by atoms with Gasteiger partial charge in [0.1, 0.15) is 0 Å². The van der Waals surface area contributed by atoms with Crippen LogP contribution in [0.2, 0.25) is 0 Å². The predicted molar refractivity (Wildman–Crippen MR) is 67.9 cm³/mol. The fourth-order valence-electron chi connectivity index (χ4n) is 1.73. The van der Waals surface area contributed by atoms with E-state index in [9.17, 15) is 5.11 Å². The van der Waals surface area contributed by atoms with Gasteiger partial charge in [0.15, 0.2) is 5.82 Å². The molecule has 1 saturated heterocycles. The zero-order valence-electron chi connectivity index (χ0n) is 10.6. The summed E-state index contributed by atoms with van der Waals surface area (Å²) in [5.74, 6) is 2.53. The third-order valence-electron chi connectivity index (χ3n) is 3.07. The van der Waals surface area contributed by atoms with Crippen molar-refractivity contribution in [2.75, 3.05) is 5.75 Å². The smallest absolute Gasteiger partial charge is 0.229 e. The van der Waals surface area contributed by atoms with Gasteiger partial charge in [-0.2, -0.15) is 16.7 Å². The number of aliphatic hydroxyl groups is 1. The number of hydrogen-bond donors (Lipinski definition) is 1. The van der Waals surface area contributed by atoms with Crippen molar-refractivity contribution < 1.29 is 9.63 Å². The highest BCUT2D eigenvalue weighted by Crippen LogP contribution is 2.38. The SMILES string of the molecule is CC(C)(C)C(O)Cc1nc(C2CCCS2)no1. The molecule has 1 aromatic heterocycles. The normalized spacial score (nSPS) is 22.9. The van der Waals surface area contributed by atoms with Gasteiger partial charge in [0, 0.05) is 0 Å². The molecule has 0 radical (unpaired) electrons. The number of aliphatic hydroxyl groups excluding tert-OH is 1. The molecule has 2 atom stereocenters. The monoisotopic (exact) mass is 256 g/mol. The van der Waals surface area contributed by atoms with Crippen molar-refractivity contribution in [3.63, 3.8) is 0 Å². The van der Waals surface area contributed by atoms with Crippen LogP contribution in [-0.2, 0) is 6.42 Å². The van der Waals surface area contributed by atoms with Gasteiger partial charge in [-0.1, -0.05) is 25.9 Å². The van der Waals surface area contributed by atoms with E-state index in [1.807, 2.05) is 32.5 Å². The second-order valence-electron chi connectivity index (χ2n) is 5.63. The Morgan fingerprint density at radius 2 is 2.29 bits per heavy atom. The maximum atomic E-state index is 9.98. The number of hydrogen-bond acceptors (Lipinski definition) is 5.